The minimum atomic E-state index is -1.46. The molecule has 20 heavy (non-hydrogen) atoms. The molecule has 8 heteroatoms. The van der Waals surface area contributed by atoms with Gasteiger partial charge in [-0.1, -0.05) is 0 Å². The molecule has 1 rings (SSSR count). The molecule has 0 fully saturated rings. The zero-order valence-electron chi connectivity index (χ0n) is 11.1. The van der Waals surface area contributed by atoms with Crippen LogP contribution in [0.3, 0.4) is 0 Å². The van der Waals surface area contributed by atoms with Crippen LogP contribution in [0.25, 0.3) is 0 Å². The van der Waals surface area contributed by atoms with Crippen molar-refractivity contribution in [2.75, 3.05) is 13.2 Å². The van der Waals surface area contributed by atoms with E-state index in [1.807, 2.05) is 0 Å². The Morgan fingerprint density at radius 1 is 1.55 bits per heavy atom. The number of halogens is 1. The third kappa shape index (κ3) is 3.89. The van der Waals surface area contributed by atoms with Crippen LogP contribution in [0.4, 0.5) is 10.1 Å². The fourth-order valence-electron chi connectivity index (χ4n) is 1.34. The SMILES string of the molecule is CCOC(=O)C(C)(N)COc1ccc(F)cc1[N+](=O)[O-]. The Morgan fingerprint density at radius 3 is 2.75 bits per heavy atom. The average molecular weight is 286 g/mol. The number of nitro benzene ring substituents is 1. The number of carbonyl (C=O) groups excluding carboxylic acids is 1. The van der Waals surface area contributed by atoms with Crippen molar-refractivity contribution in [2.45, 2.75) is 19.4 Å². The minimum Gasteiger partial charge on any atom is -0.484 e. The molecule has 2 N–H and O–H groups in total. The van der Waals surface area contributed by atoms with Crippen molar-refractivity contribution in [3.8, 4) is 5.75 Å². The first-order valence-corrected chi connectivity index (χ1v) is 5.80. The summed E-state index contributed by atoms with van der Waals surface area (Å²) in [6, 6.07) is 2.85. The number of hydrogen-bond donors (Lipinski definition) is 1. The second kappa shape index (κ2) is 6.29. The van der Waals surface area contributed by atoms with E-state index in [0.29, 0.717) is 0 Å². The van der Waals surface area contributed by atoms with Crippen LogP contribution in [-0.4, -0.2) is 29.6 Å². The highest BCUT2D eigenvalue weighted by Gasteiger charge is 2.32. The van der Waals surface area contributed by atoms with Gasteiger partial charge in [0.25, 0.3) is 0 Å². The van der Waals surface area contributed by atoms with Crippen LogP contribution in [0.15, 0.2) is 18.2 Å². The van der Waals surface area contributed by atoms with Crippen LogP contribution < -0.4 is 10.5 Å². The Hall–Kier alpha value is -2.22. The highest BCUT2D eigenvalue weighted by Crippen LogP contribution is 2.28. The first kappa shape index (κ1) is 15.8. The van der Waals surface area contributed by atoms with E-state index in [2.05, 4.69) is 0 Å². The van der Waals surface area contributed by atoms with E-state index in [1.54, 1.807) is 6.92 Å². The molecule has 0 amide bonds. The lowest BCUT2D eigenvalue weighted by Crippen LogP contribution is -2.51. The Labute approximate surface area is 114 Å². The lowest BCUT2D eigenvalue weighted by Gasteiger charge is -2.22. The van der Waals surface area contributed by atoms with Crippen LogP contribution in [0.1, 0.15) is 13.8 Å². The van der Waals surface area contributed by atoms with Gasteiger partial charge < -0.3 is 15.2 Å². The monoisotopic (exact) mass is 286 g/mol. The van der Waals surface area contributed by atoms with E-state index in [0.717, 1.165) is 18.2 Å². The molecular weight excluding hydrogens is 271 g/mol. The molecule has 0 heterocycles. The summed E-state index contributed by atoms with van der Waals surface area (Å²) >= 11 is 0. The van der Waals surface area contributed by atoms with Crippen molar-refractivity contribution in [3.05, 3.63) is 34.1 Å². The molecule has 0 radical (unpaired) electrons. The number of nitro groups is 1. The Morgan fingerprint density at radius 2 is 2.20 bits per heavy atom. The molecule has 0 aliphatic heterocycles. The number of benzene rings is 1. The van der Waals surface area contributed by atoms with Crippen LogP contribution >= 0.6 is 0 Å². The predicted octanol–water partition coefficient (Wildman–Crippen LogP) is 1.39. The summed E-state index contributed by atoms with van der Waals surface area (Å²) in [7, 11) is 0. The number of esters is 1. The van der Waals surface area contributed by atoms with E-state index in [-0.39, 0.29) is 19.0 Å². The van der Waals surface area contributed by atoms with E-state index in [1.165, 1.54) is 6.92 Å². The van der Waals surface area contributed by atoms with Gasteiger partial charge in [0, 0.05) is 0 Å². The molecule has 0 saturated heterocycles. The van der Waals surface area contributed by atoms with Crippen molar-refractivity contribution in [2.24, 2.45) is 5.73 Å². The number of ether oxygens (including phenoxy) is 2. The van der Waals surface area contributed by atoms with Gasteiger partial charge in [-0.05, 0) is 26.0 Å². The zero-order valence-corrected chi connectivity index (χ0v) is 11.1. The molecule has 0 aliphatic carbocycles. The smallest absolute Gasteiger partial charge is 0.329 e. The molecule has 1 unspecified atom stereocenters. The maximum absolute atomic E-state index is 13.0. The molecule has 1 aromatic rings. The molecule has 0 saturated carbocycles. The lowest BCUT2D eigenvalue weighted by molar-refractivity contribution is -0.386. The highest BCUT2D eigenvalue weighted by molar-refractivity contribution is 5.80. The Balaban J connectivity index is 2.84. The maximum Gasteiger partial charge on any atom is 0.329 e. The van der Waals surface area contributed by atoms with E-state index in [9.17, 15) is 19.3 Å². The van der Waals surface area contributed by atoms with E-state index < -0.39 is 27.9 Å². The summed E-state index contributed by atoms with van der Waals surface area (Å²) < 4.78 is 22.9. The molecule has 1 aromatic carbocycles. The summed E-state index contributed by atoms with van der Waals surface area (Å²) in [5.74, 6) is -1.62. The van der Waals surface area contributed by atoms with E-state index in [4.69, 9.17) is 15.2 Å². The maximum atomic E-state index is 13.0. The second-order valence-corrected chi connectivity index (χ2v) is 4.30. The zero-order chi connectivity index (χ0) is 15.3. The van der Waals surface area contributed by atoms with Crippen molar-refractivity contribution in [3.63, 3.8) is 0 Å². The van der Waals surface area contributed by atoms with Gasteiger partial charge in [0.15, 0.2) is 5.75 Å². The van der Waals surface area contributed by atoms with E-state index >= 15 is 0 Å². The molecule has 110 valence electrons. The highest BCUT2D eigenvalue weighted by atomic mass is 19.1. The normalized spacial score (nSPS) is 13.4. The van der Waals surface area contributed by atoms with Gasteiger partial charge in [0.1, 0.15) is 18.0 Å². The van der Waals surface area contributed by atoms with Crippen molar-refractivity contribution >= 4 is 11.7 Å². The lowest BCUT2D eigenvalue weighted by atomic mass is 10.1. The number of nitrogens with two attached hydrogens (primary N) is 1. The Bertz CT molecular complexity index is 519. The summed E-state index contributed by atoms with van der Waals surface area (Å²) in [5.41, 5.74) is 3.71. The molecular formula is C12H15FN2O5. The predicted molar refractivity (Wildman–Crippen MR) is 67.8 cm³/mol. The third-order valence-electron chi connectivity index (χ3n) is 2.39. The summed E-state index contributed by atoms with van der Waals surface area (Å²) in [6.07, 6.45) is 0. The Kier molecular flexibility index (Phi) is 4.98. The quantitative estimate of drug-likeness (QED) is 0.481. The number of carbonyl (C=O) groups is 1. The molecule has 1 atom stereocenters. The summed E-state index contributed by atoms with van der Waals surface area (Å²) in [5, 5.41) is 10.8. The second-order valence-electron chi connectivity index (χ2n) is 4.30. The summed E-state index contributed by atoms with van der Waals surface area (Å²) in [6.45, 7) is 2.82. The van der Waals surface area contributed by atoms with Crippen molar-refractivity contribution < 1.29 is 23.6 Å². The largest absolute Gasteiger partial charge is 0.484 e. The average Bonchev–Trinajstić information content (AvgIpc) is 2.37. The fraction of sp³-hybridized carbons (Fsp3) is 0.417. The van der Waals surface area contributed by atoms with Crippen LogP contribution in [0.5, 0.6) is 5.75 Å². The standard InChI is InChI=1S/C12H15FN2O5/c1-3-19-11(16)12(2,14)7-20-10-5-4-8(13)6-9(10)15(17)18/h4-6H,3,7,14H2,1-2H3. The molecule has 0 aromatic heterocycles. The third-order valence-corrected chi connectivity index (χ3v) is 2.39. The van der Waals surface area contributed by atoms with Crippen LogP contribution in [0, 0.1) is 15.9 Å². The summed E-state index contributed by atoms with van der Waals surface area (Å²) in [4.78, 5) is 21.5. The first-order chi connectivity index (χ1) is 9.27. The van der Waals surface area contributed by atoms with Crippen molar-refractivity contribution in [1.29, 1.82) is 0 Å². The van der Waals surface area contributed by atoms with Gasteiger partial charge in [-0.15, -0.1) is 0 Å². The molecule has 0 bridgehead atoms. The number of rotatable bonds is 6. The fourth-order valence-corrected chi connectivity index (χ4v) is 1.34. The van der Waals surface area contributed by atoms with Gasteiger partial charge in [-0.3, -0.25) is 10.1 Å². The molecule has 7 nitrogen and oxygen atoms in total. The van der Waals surface area contributed by atoms with Gasteiger partial charge >= 0.3 is 11.7 Å². The van der Waals surface area contributed by atoms with Gasteiger partial charge in [-0.2, -0.15) is 0 Å². The molecule has 0 aliphatic rings. The first-order valence-electron chi connectivity index (χ1n) is 5.80. The number of hydrogen-bond acceptors (Lipinski definition) is 6. The molecule has 0 spiro atoms. The number of nitrogens with zero attached hydrogens (tertiary/aromatic N) is 1. The van der Waals surface area contributed by atoms with Gasteiger partial charge in [0.2, 0.25) is 0 Å². The topological polar surface area (TPSA) is 105 Å². The van der Waals surface area contributed by atoms with Crippen molar-refractivity contribution in [1.82, 2.24) is 0 Å². The van der Waals surface area contributed by atoms with Crippen LogP contribution in [-0.2, 0) is 9.53 Å². The van der Waals surface area contributed by atoms with Crippen LogP contribution in [0.2, 0.25) is 0 Å². The van der Waals surface area contributed by atoms with Gasteiger partial charge in [0.05, 0.1) is 17.6 Å². The minimum absolute atomic E-state index is 0.155. The van der Waals surface area contributed by atoms with Gasteiger partial charge in [-0.25, -0.2) is 9.18 Å².